The smallest absolute Gasteiger partial charge is 0.265 e. The molecule has 1 heterocycles. The first-order chi connectivity index (χ1) is 13.0. The molecular weight excluding hydrogens is 428 g/mol. The second kappa shape index (κ2) is 7.26. The summed E-state index contributed by atoms with van der Waals surface area (Å²) in [4.78, 5) is 12.0. The fourth-order valence-corrected chi connectivity index (χ4v) is 6.09. The molecule has 3 rings (SSSR count). The van der Waals surface area contributed by atoms with Gasteiger partial charge in [0, 0.05) is 5.02 Å². The van der Waals surface area contributed by atoms with E-state index in [0.29, 0.717) is 9.33 Å². The zero-order valence-electron chi connectivity index (χ0n) is 14.9. The largest absolute Gasteiger partial charge is 0.495 e. The molecule has 1 fully saturated rings. The quantitative estimate of drug-likeness (QED) is 0.758. The number of hydrogen-bond acceptors (Lipinski definition) is 6. The van der Waals surface area contributed by atoms with Crippen LogP contribution in [-0.4, -0.2) is 35.6 Å². The average Bonchev–Trinajstić information content (AvgIpc) is 2.81. The van der Waals surface area contributed by atoms with Gasteiger partial charge in [0.2, 0.25) is 15.9 Å². The van der Waals surface area contributed by atoms with E-state index in [1.54, 1.807) is 12.1 Å². The van der Waals surface area contributed by atoms with Gasteiger partial charge in [-0.2, -0.15) is 0 Å². The van der Waals surface area contributed by atoms with Crippen molar-refractivity contribution in [2.75, 3.05) is 21.9 Å². The van der Waals surface area contributed by atoms with Gasteiger partial charge in [-0.15, -0.1) is 0 Å². The molecule has 1 aliphatic rings. The molecule has 0 radical (unpaired) electrons. The van der Waals surface area contributed by atoms with E-state index >= 15 is 0 Å². The highest BCUT2D eigenvalue weighted by atomic mass is 35.5. The fourth-order valence-electron chi connectivity index (χ4n) is 2.85. The molecule has 0 aromatic heterocycles. The maximum absolute atomic E-state index is 12.9. The molecule has 28 heavy (non-hydrogen) atoms. The molecule has 0 bridgehead atoms. The highest BCUT2D eigenvalue weighted by molar-refractivity contribution is 7.94. The molecule has 1 aliphatic heterocycles. The third-order valence-corrected chi connectivity index (χ3v) is 7.61. The Balaban J connectivity index is 2.08. The van der Waals surface area contributed by atoms with E-state index in [2.05, 4.69) is 4.72 Å². The van der Waals surface area contributed by atoms with Crippen molar-refractivity contribution in [1.82, 2.24) is 0 Å². The van der Waals surface area contributed by atoms with Crippen LogP contribution in [0.3, 0.4) is 0 Å². The summed E-state index contributed by atoms with van der Waals surface area (Å²) in [7, 11) is -6.75. The van der Waals surface area contributed by atoms with Crippen molar-refractivity contribution < 1.29 is 26.4 Å². The lowest BCUT2D eigenvalue weighted by atomic mass is 10.2. The monoisotopic (exact) mass is 444 g/mol. The van der Waals surface area contributed by atoms with Crippen LogP contribution in [0.2, 0.25) is 5.02 Å². The Kier molecular flexibility index (Phi) is 5.30. The number of nitrogens with zero attached hydrogens (tertiary/aromatic N) is 1. The third kappa shape index (κ3) is 3.80. The molecule has 0 aliphatic carbocycles. The van der Waals surface area contributed by atoms with Crippen molar-refractivity contribution in [3.63, 3.8) is 0 Å². The minimum atomic E-state index is -4.16. The van der Waals surface area contributed by atoms with Gasteiger partial charge in [-0.1, -0.05) is 24.6 Å². The van der Waals surface area contributed by atoms with Crippen LogP contribution in [-0.2, 0) is 24.8 Å². The maximum atomic E-state index is 12.9. The SMILES string of the molecule is COc1ccc(N2C(=O)[C@H](C)CS2(=O)=O)cc1S(=O)(=O)Nc1cccc(Cl)c1. The number of carbonyl (C=O) groups excluding carboxylic acids is 1. The highest BCUT2D eigenvalue weighted by Gasteiger charge is 2.42. The van der Waals surface area contributed by atoms with Gasteiger partial charge >= 0.3 is 0 Å². The van der Waals surface area contributed by atoms with E-state index in [9.17, 15) is 21.6 Å². The predicted octanol–water partition coefficient (Wildman–Crippen LogP) is 2.46. The van der Waals surface area contributed by atoms with E-state index in [4.69, 9.17) is 16.3 Å². The highest BCUT2D eigenvalue weighted by Crippen LogP contribution is 2.34. The second-order valence-corrected chi connectivity index (χ2v) is 10.2. The van der Waals surface area contributed by atoms with Crippen molar-refractivity contribution in [2.24, 2.45) is 5.92 Å². The summed E-state index contributed by atoms with van der Waals surface area (Å²) in [6, 6.07) is 9.81. The van der Waals surface area contributed by atoms with Crippen LogP contribution in [0.25, 0.3) is 0 Å². The van der Waals surface area contributed by atoms with Crippen molar-refractivity contribution >= 4 is 48.9 Å². The number of anilines is 2. The first-order valence-corrected chi connectivity index (χ1v) is 11.6. The molecule has 0 unspecified atom stereocenters. The number of benzene rings is 2. The Hall–Kier alpha value is -2.30. The lowest BCUT2D eigenvalue weighted by molar-refractivity contribution is -0.119. The Bertz CT molecular complexity index is 1150. The number of sulfonamides is 2. The van der Waals surface area contributed by atoms with E-state index in [0.717, 1.165) is 6.07 Å². The summed E-state index contributed by atoms with van der Waals surface area (Å²) < 4.78 is 58.5. The van der Waals surface area contributed by atoms with Crippen molar-refractivity contribution in [2.45, 2.75) is 11.8 Å². The van der Waals surface area contributed by atoms with Gasteiger partial charge in [-0.05, 0) is 36.4 Å². The fraction of sp³-hybridized carbons (Fsp3) is 0.235. The molecule has 1 N–H and O–H groups in total. The van der Waals surface area contributed by atoms with Crippen LogP contribution in [0.15, 0.2) is 47.4 Å². The molecule has 0 spiro atoms. The van der Waals surface area contributed by atoms with Crippen molar-refractivity contribution in [3.8, 4) is 5.75 Å². The Morgan fingerprint density at radius 3 is 2.50 bits per heavy atom. The number of carbonyl (C=O) groups is 1. The minimum absolute atomic E-state index is 0.00429. The van der Waals surface area contributed by atoms with Crippen LogP contribution in [0.5, 0.6) is 5.75 Å². The topological polar surface area (TPSA) is 110 Å². The third-order valence-electron chi connectivity index (χ3n) is 4.11. The van der Waals surface area contributed by atoms with Gasteiger partial charge in [-0.3, -0.25) is 9.52 Å². The molecule has 150 valence electrons. The number of nitrogens with one attached hydrogen (secondary N) is 1. The van der Waals surface area contributed by atoms with E-state index in [-0.39, 0.29) is 27.8 Å². The molecule has 1 amide bonds. The van der Waals surface area contributed by atoms with Crippen molar-refractivity contribution in [1.29, 1.82) is 0 Å². The molecule has 1 atom stereocenters. The zero-order valence-corrected chi connectivity index (χ0v) is 17.3. The standard InChI is InChI=1S/C17H17ClN2O6S2/c1-11-10-27(22,23)20(17(11)21)14-6-7-15(26-2)16(9-14)28(24,25)19-13-5-3-4-12(18)8-13/h3-9,11,19H,10H2,1-2H3/t11-/m1/s1. The van der Waals surface area contributed by atoms with Gasteiger partial charge in [-0.25, -0.2) is 21.1 Å². The van der Waals surface area contributed by atoms with E-state index < -0.39 is 31.9 Å². The zero-order chi connectivity index (χ0) is 20.7. The molecule has 2 aromatic carbocycles. The molecular formula is C17H17ClN2O6S2. The predicted molar refractivity (Wildman–Crippen MR) is 106 cm³/mol. The number of rotatable bonds is 5. The number of hydrogen-bond donors (Lipinski definition) is 1. The Morgan fingerprint density at radius 1 is 1.21 bits per heavy atom. The molecule has 0 saturated carbocycles. The first-order valence-electron chi connectivity index (χ1n) is 8.08. The van der Waals surface area contributed by atoms with Crippen LogP contribution in [0.4, 0.5) is 11.4 Å². The summed E-state index contributed by atoms with van der Waals surface area (Å²) >= 11 is 5.88. The summed E-state index contributed by atoms with van der Waals surface area (Å²) in [6.07, 6.45) is 0. The average molecular weight is 445 g/mol. The second-order valence-electron chi connectivity index (χ2n) is 6.23. The van der Waals surface area contributed by atoms with E-state index in [1.807, 2.05) is 0 Å². The summed E-state index contributed by atoms with van der Waals surface area (Å²) in [6.45, 7) is 1.50. The number of halogens is 1. The minimum Gasteiger partial charge on any atom is -0.495 e. The van der Waals surface area contributed by atoms with Gasteiger partial charge in [0.15, 0.2) is 0 Å². The lowest BCUT2D eigenvalue weighted by Crippen LogP contribution is -2.30. The Morgan fingerprint density at radius 2 is 1.93 bits per heavy atom. The number of amides is 1. The van der Waals surface area contributed by atoms with Gasteiger partial charge < -0.3 is 4.74 Å². The molecule has 1 saturated heterocycles. The van der Waals surface area contributed by atoms with Crippen LogP contribution in [0, 0.1) is 5.92 Å². The Labute approximate surface area is 168 Å². The molecule has 8 nitrogen and oxygen atoms in total. The lowest BCUT2D eigenvalue weighted by Gasteiger charge is -2.18. The summed E-state index contributed by atoms with van der Waals surface area (Å²) in [5, 5.41) is 0.337. The van der Waals surface area contributed by atoms with Crippen LogP contribution < -0.4 is 13.8 Å². The molecule has 11 heteroatoms. The van der Waals surface area contributed by atoms with E-state index in [1.165, 1.54) is 38.3 Å². The van der Waals surface area contributed by atoms with Gasteiger partial charge in [0.25, 0.3) is 10.0 Å². The normalized spacial score (nSPS) is 18.9. The van der Waals surface area contributed by atoms with Crippen LogP contribution in [0.1, 0.15) is 6.92 Å². The van der Waals surface area contributed by atoms with Gasteiger partial charge in [0.1, 0.15) is 10.6 Å². The summed E-state index contributed by atoms with van der Waals surface area (Å²) in [5.41, 5.74) is 0.153. The first kappa shape index (κ1) is 20.4. The van der Waals surface area contributed by atoms with Crippen molar-refractivity contribution in [3.05, 3.63) is 47.5 Å². The van der Waals surface area contributed by atoms with Gasteiger partial charge in [0.05, 0.1) is 30.2 Å². The maximum Gasteiger partial charge on any atom is 0.265 e. The number of methoxy groups -OCH3 is 1. The summed E-state index contributed by atoms with van der Waals surface area (Å²) in [5.74, 6) is -1.66. The van der Waals surface area contributed by atoms with Crippen LogP contribution >= 0.6 is 11.6 Å². The molecule has 2 aromatic rings. The number of ether oxygens (including phenoxy) is 1.